The molecule has 0 fully saturated rings. The number of rotatable bonds is 4. The van der Waals surface area contributed by atoms with E-state index in [0.29, 0.717) is 10.1 Å². The zero-order chi connectivity index (χ0) is 13.1. The minimum atomic E-state index is -0.386. The van der Waals surface area contributed by atoms with Crippen molar-refractivity contribution in [1.82, 2.24) is 15.2 Å². The lowest BCUT2D eigenvalue weighted by molar-refractivity contribution is -0.387. The molecule has 1 heterocycles. The van der Waals surface area contributed by atoms with Crippen LogP contribution in [-0.4, -0.2) is 20.1 Å². The third kappa shape index (κ3) is 2.67. The average molecular weight is 264 g/mol. The van der Waals surface area contributed by atoms with Crippen LogP contribution in [-0.2, 0) is 6.42 Å². The molecule has 18 heavy (non-hydrogen) atoms. The fourth-order valence-corrected chi connectivity index (χ4v) is 2.25. The molecular formula is C11H12N4O2S. The maximum atomic E-state index is 11.0. The van der Waals surface area contributed by atoms with Crippen LogP contribution in [0.15, 0.2) is 28.3 Å². The minimum absolute atomic E-state index is 0.0860. The highest BCUT2D eigenvalue weighted by Gasteiger charge is 2.16. The van der Waals surface area contributed by atoms with E-state index in [1.165, 1.54) is 11.8 Å². The highest BCUT2D eigenvalue weighted by molar-refractivity contribution is 7.99. The maximum Gasteiger partial charge on any atom is 0.283 e. The van der Waals surface area contributed by atoms with Gasteiger partial charge in [-0.05, 0) is 30.3 Å². The van der Waals surface area contributed by atoms with Gasteiger partial charge in [0.05, 0.1) is 9.82 Å². The van der Waals surface area contributed by atoms with E-state index in [1.807, 2.05) is 19.9 Å². The van der Waals surface area contributed by atoms with Crippen molar-refractivity contribution in [3.8, 4) is 0 Å². The predicted octanol–water partition coefficient (Wildman–Crippen LogP) is 2.73. The van der Waals surface area contributed by atoms with Crippen LogP contribution in [0.2, 0.25) is 0 Å². The molecule has 1 N–H and O–H groups in total. The zero-order valence-corrected chi connectivity index (χ0v) is 10.8. The van der Waals surface area contributed by atoms with E-state index in [1.54, 1.807) is 12.1 Å². The quantitative estimate of drug-likeness (QED) is 0.678. The van der Waals surface area contributed by atoms with Gasteiger partial charge in [-0.15, -0.1) is 5.10 Å². The lowest BCUT2D eigenvalue weighted by Gasteiger charge is -2.00. The number of nitrogens with one attached hydrogen (secondary N) is 1. The van der Waals surface area contributed by atoms with E-state index in [4.69, 9.17) is 0 Å². The van der Waals surface area contributed by atoms with Gasteiger partial charge in [-0.1, -0.05) is 13.0 Å². The van der Waals surface area contributed by atoms with Crippen molar-refractivity contribution >= 4 is 17.4 Å². The van der Waals surface area contributed by atoms with Crippen molar-refractivity contribution in [2.45, 2.75) is 30.3 Å². The molecule has 0 amide bonds. The minimum Gasteiger partial charge on any atom is -0.262 e. The Morgan fingerprint density at radius 2 is 2.28 bits per heavy atom. The summed E-state index contributed by atoms with van der Waals surface area (Å²) in [5, 5.41) is 18.3. The predicted molar refractivity (Wildman–Crippen MR) is 67.7 cm³/mol. The summed E-state index contributed by atoms with van der Waals surface area (Å²) in [5.74, 6) is 0.771. The first-order valence-electron chi connectivity index (χ1n) is 5.44. The van der Waals surface area contributed by atoms with Gasteiger partial charge in [0.2, 0.25) is 5.16 Å². The molecule has 0 aliphatic rings. The fourth-order valence-electron chi connectivity index (χ4n) is 1.44. The van der Waals surface area contributed by atoms with E-state index >= 15 is 0 Å². The Labute approximate surface area is 108 Å². The smallest absolute Gasteiger partial charge is 0.262 e. The van der Waals surface area contributed by atoms with Gasteiger partial charge in [0.25, 0.3) is 5.69 Å². The van der Waals surface area contributed by atoms with Crippen molar-refractivity contribution < 1.29 is 4.92 Å². The number of nitro benzene ring substituents is 1. The molecule has 0 radical (unpaired) electrons. The normalized spacial score (nSPS) is 10.6. The van der Waals surface area contributed by atoms with E-state index in [-0.39, 0.29) is 10.6 Å². The van der Waals surface area contributed by atoms with Gasteiger partial charge < -0.3 is 0 Å². The number of hydrogen-bond donors (Lipinski definition) is 1. The van der Waals surface area contributed by atoms with Gasteiger partial charge in [0.1, 0.15) is 5.82 Å². The Balaban J connectivity index is 2.30. The molecule has 0 spiro atoms. The molecule has 6 nitrogen and oxygen atoms in total. The number of benzene rings is 1. The van der Waals surface area contributed by atoms with Gasteiger partial charge in [-0.3, -0.25) is 15.2 Å². The topological polar surface area (TPSA) is 84.7 Å². The Morgan fingerprint density at radius 1 is 1.50 bits per heavy atom. The number of nitro groups is 1. The average Bonchev–Trinajstić information content (AvgIpc) is 2.79. The van der Waals surface area contributed by atoms with Crippen molar-refractivity contribution in [2.75, 3.05) is 0 Å². The molecule has 0 atom stereocenters. The number of H-pyrrole nitrogens is 1. The first-order chi connectivity index (χ1) is 8.60. The van der Waals surface area contributed by atoms with Gasteiger partial charge >= 0.3 is 0 Å². The number of hydrogen-bond acceptors (Lipinski definition) is 5. The van der Waals surface area contributed by atoms with Crippen LogP contribution in [0, 0.1) is 17.0 Å². The second-order valence-electron chi connectivity index (χ2n) is 3.75. The van der Waals surface area contributed by atoms with Crippen molar-refractivity contribution in [3.05, 3.63) is 39.7 Å². The molecular weight excluding hydrogens is 252 g/mol. The van der Waals surface area contributed by atoms with Crippen LogP contribution in [0.1, 0.15) is 18.3 Å². The first kappa shape index (κ1) is 12.6. The Hall–Kier alpha value is -1.89. The lowest BCUT2D eigenvalue weighted by Crippen LogP contribution is -1.92. The summed E-state index contributed by atoms with van der Waals surface area (Å²) in [6, 6.07) is 5.11. The van der Waals surface area contributed by atoms with E-state index < -0.39 is 0 Å². The molecule has 0 aliphatic heterocycles. The monoisotopic (exact) mass is 264 g/mol. The van der Waals surface area contributed by atoms with Crippen molar-refractivity contribution in [3.63, 3.8) is 0 Å². The molecule has 0 bridgehead atoms. The molecule has 0 aliphatic carbocycles. The van der Waals surface area contributed by atoms with Crippen molar-refractivity contribution in [1.29, 1.82) is 0 Å². The highest BCUT2D eigenvalue weighted by Crippen LogP contribution is 2.33. The van der Waals surface area contributed by atoms with E-state index in [2.05, 4.69) is 15.2 Å². The summed E-state index contributed by atoms with van der Waals surface area (Å²) in [6.07, 6.45) is 0.754. The first-order valence-corrected chi connectivity index (χ1v) is 6.26. The zero-order valence-electron chi connectivity index (χ0n) is 10.0. The standard InChI is InChI=1S/C11H12N4O2S/c1-3-10-12-11(14-13-10)18-9-5-4-7(2)6-8(9)15(16)17/h4-6H,3H2,1-2H3,(H,12,13,14). The summed E-state index contributed by atoms with van der Waals surface area (Å²) in [7, 11) is 0. The largest absolute Gasteiger partial charge is 0.283 e. The van der Waals surface area contributed by atoms with Crippen LogP contribution in [0.5, 0.6) is 0 Å². The van der Waals surface area contributed by atoms with Gasteiger partial charge in [0, 0.05) is 12.5 Å². The van der Waals surface area contributed by atoms with Gasteiger partial charge in [-0.25, -0.2) is 4.98 Å². The second kappa shape index (κ2) is 5.18. The number of aromatic nitrogens is 3. The van der Waals surface area contributed by atoms with Crippen LogP contribution >= 0.6 is 11.8 Å². The highest BCUT2D eigenvalue weighted by atomic mass is 32.2. The molecule has 94 valence electrons. The second-order valence-corrected chi connectivity index (χ2v) is 4.76. The van der Waals surface area contributed by atoms with Crippen LogP contribution in [0.25, 0.3) is 0 Å². The molecule has 2 aromatic rings. The van der Waals surface area contributed by atoms with E-state index in [0.717, 1.165) is 17.8 Å². The van der Waals surface area contributed by atoms with Crippen LogP contribution < -0.4 is 0 Å². The number of aryl methyl sites for hydroxylation is 2. The summed E-state index contributed by atoms with van der Waals surface area (Å²) in [4.78, 5) is 15.4. The Morgan fingerprint density at radius 3 is 2.89 bits per heavy atom. The van der Waals surface area contributed by atoms with Crippen molar-refractivity contribution in [2.24, 2.45) is 0 Å². The molecule has 0 saturated carbocycles. The molecule has 0 unspecified atom stereocenters. The summed E-state index contributed by atoms with van der Waals surface area (Å²) >= 11 is 1.19. The summed E-state index contributed by atoms with van der Waals surface area (Å²) in [5.41, 5.74) is 0.943. The van der Waals surface area contributed by atoms with Crippen LogP contribution in [0.4, 0.5) is 5.69 Å². The van der Waals surface area contributed by atoms with Gasteiger partial charge in [-0.2, -0.15) is 0 Å². The third-order valence-corrected chi connectivity index (χ3v) is 3.29. The summed E-state index contributed by atoms with van der Waals surface area (Å²) in [6.45, 7) is 3.78. The summed E-state index contributed by atoms with van der Waals surface area (Å²) < 4.78 is 0. The van der Waals surface area contributed by atoms with Gasteiger partial charge in [0.15, 0.2) is 0 Å². The Kier molecular flexibility index (Phi) is 3.61. The SMILES string of the molecule is CCc1nc(Sc2ccc(C)cc2[N+](=O)[O-])n[nH]1. The molecule has 7 heteroatoms. The molecule has 1 aromatic heterocycles. The maximum absolute atomic E-state index is 11.0. The number of nitrogens with zero attached hydrogens (tertiary/aromatic N) is 3. The van der Waals surface area contributed by atoms with Crippen LogP contribution in [0.3, 0.4) is 0 Å². The number of aromatic amines is 1. The third-order valence-electron chi connectivity index (χ3n) is 2.36. The molecule has 2 rings (SSSR count). The molecule has 0 saturated heterocycles. The molecule has 1 aromatic carbocycles. The lowest BCUT2D eigenvalue weighted by atomic mass is 10.2. The fraction of sp³-hybridized carbons (Fsp3) is 0.273. The van der Waals surface area contributed by atoms with E-state index in [9.17, 15) is 10.1 Å². The Bertz CT molecular complexity index is 582.